The zero-order valence-electron chi connectivity index (χ0n) is 16.9. The first kappa shape index (κ1) is 19.3. The van der Waals surface area contributed by atoms with Crippen molar-refractivity contribution >= 4 is 28.1 Å². The SMILES string of the molecule is O=c1c2ccc(N3CCN(c4cc(=O)n5ccccc5n4)CC3)cc2ncn1CCO. The average Bonchev–Trinajstić information content (AvgIpc) is 2.81. The molecule has 1 aliphatic rings. The van der Waals surface area contributed by atoms with E-state index in [4.69, 9.17) is 5.11 Å². The minimum atomic E-state index is -0.149. The van der Waals surface area contributed by atoms with Gasteiger partial charge < -0.3 is 14.9 Å². The number of nitrogens with zero attached hydrogens (tertiary/aromatic N) is 6. The summed E-state index contributed by atoms with van der Waals surface area (Å²) >= 11 is 0. The van der Waals surface area contributed by atoms with E-state index in [9.17, 15) is 9.59 Å². The van der Waals surface area contributed by atoms with E-state index < -0.39 is 0 Å². The fourth-order valence-corrected chi connectivity index (χ4v) is 4.01. The summed E-state index contributed by atoms with van der Waals surface area (Å²) in [4.78, 5) is 38.3. The van der Waals surface area contributed by atoms with Crippen LogP contribution in [-0.4, -0.2) is 56.8 Å². The second-order valence-electron chi connectivity index (χ2n) is 7.52. The molecule has 0 unspecified atom stereocenters. The smallest absolute Gasteiger partial charge is 0.261 e. The Kier molecular flexibility index (Phi) is 4.87. The molecule has 1 N–H and O–H groups in total. The summed E-state index contributed by atoms with van der Waals surface area (Å²) in [6.07, 6.45) is 3.20. The minimum absolute atomic E-state index is 0.0875. The molecule has 1 aliphatic heterocycles. The fourth-order valence-electron chi connectivity index (χ4n) is 4.01. The van der Waals surface area contributed by atoms with E-state index in [-0.39, 0.29) is 24.3 Å². The monoisotopic (exact) mass is 418 g/mol. The van der Waals surface area contributed by atoms with Gasteiger partial charge in [0.05, 0.1) is 30.4 Å². The molecule has 0 spiro atoms. The van der Waals surface area contributed by atoms with Crippen molar-refractivity contribution in [1.82, 2.24) is 18.9 Å². The van der Waals surface area contributed by atoms with Crippen LogP contribution < -0.4 is 20.9 Å². The van der Waals surface area contributed by atoms with E-state index in [1.807, 2.05) is 30.3 Å². The number of anilines is 2. The first-order chi connectivity index (χ1) is 15.1. The molecule has 0 saturated carbocycles. The lowest BCUT2D eigenvalue weighted by Gasteiger charge is -2.36. The van der Waals surface area contributed by atoms with Gasteiger partial charge in [-0.1, -0.05) is 6.07 Å². The van der Waals surface area contributed by atoms with Gasteiger partial charge in [0.25, 0.3) is 11.1 Å². The van der Waals surface area contributed by atoms with Crippen LogP contribution in [0, 0.1) is 0 Å². The van der Waals surface area contributed by atoms with Gasteiger partial charge in [0.15, 0.2) is 0 Å². The maximum absolute atomic E-state index is 12.5. The highest BCUT2D eigenvalue weighted by atomic mass is 16.3. The van der Waals surface area contributed by atoms with Crippen LogP contribution in [0.4, 0.5) is 11.5 Å². The summed E-state index contributed by atoms with van der Waals surface area (Å²) in [5.41, 5.74) is 2.05. The molecule has 3 aromatic heterocycles. The standard InChI is InChI=1S/C22H22N6O3/c29-12-11-27-15-23-18-13-16(4-5-17(18)22(27)31)25-7-9-26(10-8-25)20-14-21(30)28-6-2-1-3-19(28)24-20/h1-6,13-15,29H,7-12H2. The van der Waals surface area contributed by atoms with Crippen molar-refractivity contribution in [2.45, 2.75) is 6.54 Å². The van der Waals surface area contributed by atoms with E-state index in [0.29, 0.717) is 22.4 Å². The third-order valence-electron chi connectivity index (χ3n) is 5.68. The normalized spacial score (nSPS) is 14.5. The van der Waals surface area contributed by atoms with Crippen LogP contribution in [0.15, 0.2) is 64.6 Å². The van der Waals surface area contributed by atoms with E-state index >= 15 is 0 Å². The van der Waals surface area contributed by atoms with Gasteiger partial charge in [0, 0.05) is 44.1 Å². The van der Waals surface area contributed by atoms with E-state index in [1.54, 1.807) is 18.3 Å². The van der Waals surface area contributed by atoms with Gasteiger partial charge in [-0.15, -0.1) is 0 Å². The molecule has 4 heterocycles. The summed E-state index contributed by atoms with van der Waals surface area (Å²) < 4.78 is 2.95. The number of pyridine rings is 1. The van der Waals surface area contributed by atoms with Gasteiger partial charge in [-0.2, -0.15) is 0 Å². The van der Waals surface area contributed by atoms with Gasteiger partial charge >= 0.3 is 0 Å². The topological polar surface area (TPSA) is 96.0 Å². The molecular formula is C22H22N6O3. The van der Waals surface area contributed by atoms with Crippen molar-refractivity contribution in [2.24, 2.45) is 0 Å². The quantitative estimate of drug-likeness (QED) is 0.522. The summed E-state index contributed by atoms with van der Waals surface area (Å²) in [7, 11) is 0. The molecule has 5 rings (SSSR count). The van der Waals surface area contributed by atoms with Gasteiger partial charge in [-0.3, -0.25) is 18.6 Å². The molecule has 0 radical (unpaired) electrons. The molecule has 31 heavy (non-hydrogen) atoms. The van der Waals surface area contributed by atoms with E-state index in [0.717, 1.165) is 31.9 Å². The Morgan fingerprint density at radius 3 is 2.58 bits per heavy atom. The lowest BCUT2D eigenvalue weighted by atomic mass is 10.2. The number of hydrogen-bond donors (Lipinski definition) is 1. The second kappa shape index (κ2) is 7.84. The summed E-state index contributed by atoms with van der Waals surface area (Å²) in [5.74, 6) is 0.695. The summed E-state index contributed by atoms with van der Waals surface area (Å²) in [6, 6.07) is 12.8. The lowest BCUT2D eigenvalue weighted by Crippen LogP contribution is -2.47. The number of rotatable bonds is 4. The Morgan fingerprint density at radius 2 is 1.77 bits per heavy atom. The molecule has 9 heteroatoms. The molecule has 1 fully saturated rings. The van der Waals surface area contributed by atoms with Crippen molar-refractivity contribution in [3.63, 3.8) is 0 Å². The highest BCUT2D eigenvalue weighted by molar-refractivity contribution is 5.81. The van der Waals surface area contributed by atoms with Crippen molar-refractivity contribution < 1.29 is 5.11 Å². The van der Waals surface area contributed by atoms with Gasteiger partial charge in [-0.25, -0.2) is 9.97 Å². The summed E-state index contributed by atoms with van der Waals surface area (Å²) in [5, 5.41) is 9.62. The molecule has 0 atom stereocenters. The number of aliphatic hydroxyl groups excluding tert-OH is 1. The molecule has 0 amide bonds. The fraction of sp³-hybridized carbons (Fsp3) is 0.273. The van der Waals surface area contributed by atoms with Crippen LogP contribution in [0.5, 0.6) is 0 Å². The van der Waals surface area contributed by atoms with Gasteiger partial charge in [0.1, 0.15) is 11.5 Å². The van der Waals surface area contributed by atoms with Crippen LogP contribution in [0.1, 0.15) is 0 Å². The van der Waals surface area contributed by atoms with Crippen LogP contribution in [0.3, 0.4) is 0 Å². The van der Waals surface area contributed by atoms with Crippen molar-refractivity contribution in [3.05, 3.63) is 75.7 Å². The predicted octanol–water partition coefficient (Wildman–Crippen LogP) is 0.723. The molecule has 1 aromatic carbocycles. The lowest BCUT2D eigenvalue weighted by molar-refractivity contribution is 0.274. The first-order valence-electron chi connectivity index (χ1n) is 10.2. The molecule has 9 nitrogen and oxygen atoms in total. The van der Waals surface area contributed by atoms with Crippen LogP contribution in [0.2, 0.25) is 0 Å². The zero-order valence-corrected chi connectivity index (χ0v) is 16.9. The minimum Gasteiger partial charge on any atom is -0.395 e. The molecule has 0 bridgehead atoms. The Bertz CT molecular complexity index is 1370. The number of hydrogen-bond acceptors (Lipinski definition) is 7. The van der Waals surface area contributed by atoms with E-state index in [2.05, 4.69) is 19.8 Å². The number of aromatic nitrogens is 4. The van der Waals surface area contributed by atoms with Gasteiger partial charge in [-0.05, 0) is 30.3 Å². The third-order valence-corrected chi connectivity index (χ3v) is 5.68. The van der Waals surface area contributed by atoms with Crippen LogP contribution in [0.25, 0.3) is 16.6 Å². The molecular weight excluding hydrogens is 396 g/mol. The highest BCUT2D eigenvalue weighted by Gasteiger charge is 2.20. The maximum atomic E-state index is 12.5. The van der Waals surface area contributed by atoms with Crippen molar-refractivity contribution in [2.75, 3.05) is 42.6 Å². The molecule has 158 valence electrons. The zero-order chi connectivity index (χ0) is 21.4. The maximum Gasteiger partial charge on any atom is 0.261 e. The average molecular weight is 418 g/mol. The predicted molar refractivity (Wildman–Crippen MR) is 119 cm³/mol. The molecule has 4 aromatic rings. The summed E-state index contributed by atoms with van der Waals surface area (Å²) in [6.45, 7) is 3.13. The Labute approximate surface area is 177 Å². The number of benzene rings is 1. The van der Waals surface area contributed by atoms with Crippen LogP contribution in [-0.2, 0) is 6.54 Å². The first-order valence-corrected chi connectivity index (χ1v) is 10.2. The Hall–Kier alpha value is -3.72. The molecule has 1 saturated heterocycles. The van der Waals surface area contributed by atoms with Gasteiger partial charge in [0.2, 0.25) is 0 Å². The highest BCUT2D eigenvalue weighted by Crippen LogP contribution is 2.22. The second-order valence-corrected chi connectivity index (χ2v) is 7.52. The number of fused-ring (bicyclic) bond motifs is 2. The van der Waals surface area contributed by atoms with E-state index in [1.165, 1.54) is 15.3 Å². The van der Waals surface area contributed by atoms with Crippen molar-refractivity contribution in [3.8, 4) is 0 Å². The Balaban J connectivity index is 1.36. The third kappa shape index (κ3) is 3.53. The molecule has 0 aliphatic carbocycles. The largest absolute Gasteiger partial charge is 0.395 e. The number of aliphatic hydroxyl groups is 1. The number of piperazine rings is 1. The van der Waals surface area contributed by atoms with Crippen molar-refractivity contribution in [1.29, 1.82) is 0 Å². The Morgan fingerprint density at radius 1 is 0.968 bits per heavy atom. The van der Waals surface area contributed by atoms with Crippen LogP contribution >= 0.6 is 0 Å².